The van der Waals surface area contributed by atoms with E-state index in [1.807, 2.05) is 0 Å². The molecule has 4 amide bonds. The van der Waals surface area contributed by atoms with Crippen LogP contribution in [0, 0.1) is 11.8 Å². The molecule has 1 fully saturated rings. The summed E-state index contributed by atoms with van der Waals surface area (Å²) in [5.74, 6) is 5.59. The highest BCUT2D eigenvalue weighted by Crippen LogP contribution is 2.41. The Morgan fingerprint density at radius 1 is 1.04 bits per heavy atom. The monoisotopic (exact) mass is 681 g/mol. The smallest absolute Gasteiger partial charge is 0.407 e. The molecule has 2 aliphatic rings. The van der Waals surface area contributed by atoms with Crippen molar-refractivity contribution in [3.63, 3.8) is 0 Å². The molecule has 0 spiro atoms. The average molecular weight is 682 g/mol. The quantitative estimate of drug-likeness (QED) is 0.191. The first-order valence-electron chi connectivity index (χ1n) is 16.1. The summed E-state index contributed by atoms with van der Waals surface area (Å²) in [7, 11) is -4.22. The van der Waals surface area contributed by atoms with Crippen LogP contribution in [0.5, 0.6) is 0 Å². The first-order valence-corrected chi connectivity index (χ1v) is 21.9. The van der Waals surface area contributed by atoms with Gasteiger partial charge in [-0.1, -0.05) is 53.4 Å². The van der Waals surface area contributed by atoms with Crippen LogP contribution in [-0.2, 0) is 23.1 Å². The summed E-state index contributed by atoms with van der Waals surface area (Å²) in [6.07, 6.45) is -0.401. The highest BCUT2D eigenvalue weighted by molar-refractivity contribution is 6.74. The molecule has 12 nitrogen and oxygen atoms in total. The molecule has 1 saturated heterocycles. The van der Waals surface area contributed by atoms with Gasteiger partial charge in [0.05, 0.1) is 24.8 Å². The third kappa shape index (κ3) is 11.7. The summed E-state index contributed by atoms with van der Waals surface area (Å²) in [5, 5.41) is 8.03. The predicted molar refractivity (Wildman–Crippen MR) is 185 cm³/mol. The molecule has 2 aliphatic heterocycles. The van der Waals surface area contributed by atoms with Crippen molar-refractivity contribution in [3.8, 4) is 11.8 Å². The molecule has 5 N–H and O–H groups in total. The Hall–Kier alpha value is -2.42. The maximum absolute atomic E-state index is 13.1. The second-order valence-corrected chi connectivity index (χ2v) is 25.6. The molecule has 0 radical (unpaired) electrons. The number of hydrogen-bond donors (Lipinski definition) is 4. The van der Waals surface area contributed by atoms with Crippen LogP contribution in [0.1, 0.15) is 75.2 Å². The van der Waals surface area contributed by atoms with E-state index in [4.69, 9.17) is 24.1 Å². The highest BCUT2D eigenvalue weighted by atomic mass is 28.4. The lowest BCUT2D eigenvalue weighted by Crippen LogP contribution is -2.54. The number of ether oxygens (including phenoxy) is 2. The van der Waals surface area contributed by atoms with Crippen LogP contribution in [0.3, 0.4) is 0 Å². The van der Waals surface area contributed by atoms with E-state index >= 15 is 0 Å². The standard InChI is InChI=1S/C32H59N5O7Si2/c1-30(2,3)43-29(40)35-18-16-25(38)34-17-14-15-22-20-37(28(39)36-27(22)33)26-19-23(44-46(12,13)32(7,8)9)24(42-26)21-41-45(10,11)31(4,5)6/h20,23-24,26-27H,16-19,21,33H2,1-13H3,(H,34,38)(H,35,40)(H,36,39). The highest BCUT2D eigenvalue weighted by Gasteiger charge is 2.48. The predicted octanol–water partition coefficient (Wildman–Crippen LogP) is 4.74. The van der Waals surface area contributed by atoms with Gasteiger partial charge >= 0.3 is 12.1 Å². The number of carbonyl (C=O) groups excluding carboxylic acids is 3. The average Bonchev–Trinajstić information content (AvgIpc) is 3.25. The number of urea groups is 1. The van der Waals surface area contributed by atoms with E-state index in [0.29, 0.717) is 18.6 Å². The van der Waals surface area contributed by atoms with E-state index in [1.165, 1.54) is 4.90 Å². The third-order valence-corrected chi connectivity index (χ3v) is 17.9. The second kappa shape index (κ2) is 15.2. The second-order valence-electron chi connectivity index (χ2n) is 16.0. The number of carbonyl (C=O) groups is 3. The topological polar surface area (TPSA) is 153 Å². The van der Waals surface area contributed by atoms with Crippen LogP contribution in [0.2, 0.25) is 36.3 Å². The van der Waals surface area contributed by atoms with Crippen LogP contribution < -0.4 is 21.7 Å². The lowest BCUT2D eigenvalue weighted by Gasteiger charge is -2.40. The lowest BCUT2D eigenvalue weighted by molar-refractivity contribution is -0.120. The van der Waals surface area contributed by atoms with Gasteiger partial charge in [-0.2, -0.15) is 0 Å². The van der Waals surface area contributed by atoms with Gasteiger partial charge in [-0.15, -0.1) is 0 Å². The van der Waals surface area contributed by atoms with Crippen LogP contribution in [0.4, 0.5) is 9.59 Å². The number of nitrogens with zero attached hydrogens (tertiary/aromatic N) is 1. The zero-order valence-electron chi connectivity index (χ0n) is 30.3. The van der Waals surface area contributed by atoms with Gasteiger partial charge in [-0.3, -0.25) is 9.69 Å². The molecule has 0 saturated carbocycles. The summed E-state index contributed by atoms with van der Waals surface area (Å²) in [4.78, 5) is 38.5. The van der Waals surface area contributed by atoms with Crippen molar-refractivity contribution in [1.29, 1.82) is 0 Å². The Morgan fingerprint density at radius 3 is 2.22 bits per heavy atom. The zero-order chi connectivity index (χ0) is 35.3. The molecule has 2 rings (SSSR count). The van der Waals surface area contributed by atoms with Crippen molar-refractivity contribution < 1.29 is 32.7 Å². The first-order chi connectivity index (χ1) is 20.8. The van der Waals surface area contributed by atoms with E-state index in [0.717, 1.165) is 0 Å². The van der Waals surface area contributed by atoms with Gasteiger partial charge in [-0.05, 0) is 57.0 Å². The van der Waals surface area contributed by atoms with E-state index in [2.05, 4.69) is 95.5 Å². The molecule has 0 aromatic carbocycles. The summed E-state index contributed by atoms with van der Waals surface area (Å²) in [5.41, 5.74) is 6.05. The Morgan fingerprint density at radius 2 is 1.65 bits per heavy atom. The minimum atomic E-state index is -2.16. The summed E-state index contributed by atoms with van der Waals surface area (Å²) in [6, 6.07) is -0.383. The largest absolute Gasteiger partial charge is 0.444 e. The molecule has 14 heteroatoms. The SMILES string of the molecule is CC(C)(C)OC(=O)NCCC(=O)NCC#CC1=CN(C2CC(O[Si](C)(C)C(C)(C)C)C(CO[Si](C)(C)C(C)(C)C)O2)C(=O)NC1N. The number of rotatable bonds is 10. The zero-order valence-corrected chi connectivity index (χ0v) is 32.3. The van der Waals surface area contributed by atoms with Gasteiger partial charge in [0, 0.05) is 25.6 Å². The Bertz CT molecular complexity index is 1190. The lowest BCUT2D eigenvalue weighted by atomic mass is 10.1. The number of alkyl carbamates (subject to hydrolysis) is 1. The van der Waals surface area contributed by atoms with Crippen LogP contribution in [0.15, 0.2) is 11.8 Å². The third-order valence-electron chi connectivity index (χ3n) is 8.91. The maximum Gasteiger partial charge on any atom is 0.407 e. The Balaban J connectivity index is 2.11. The van der Waals surface area contributed by atoms with Crippen LogP contribution >= 0.6 is 0 Å². The van der Waals surface area contributed by atoms with Gasteiger partial charge in [0.1, 0.15) is 24.1 Å². The fraction of sp³-hybridized carbons (Fsp3) is 0.781. The molecule has 2 heterocycles. The molecule has 0 aliphatic carbocycles. The van der Waals surface area contributed by atoms with Crippen LogP contribution in [0.25, 0.3) is 0 Å². The van der Waals surface area contributed by atoms with Crippen molar-refractivity contribution in [2.24, 2.45) is 5.73 Å². The summed E-state index contributed by atoms with van der Waals surface area (Å²) in [6.45, 7) is 27.9. The summed E-state index contributed by atoms with van der Waals surface area (Å²) < 4.78 is 25.1. The van der Waals surface area contributed by atoms with Gasteiger partial charge in [-0.25, -0.2) is 9.59 Å². The van der Waals surface area contributed by atoms with Gasteiger partial charge < -0.3 is 40.0 Å². The molecule has 0 aromatic rings. The molecule has 4 unspecified atom stereocenters. The van der Waals surface area contributed by atoms with Gasteiger partial charge in [0.2, 0.25) is 5.91 Å². The molecule has 262 valence electrons. The number of amides is 4. The fourth-order valence-corrected chi connectivity index (χ4v) is 6.45. The molecule has 0 aromatic heterocycles. The Labute approximate surface area is 278 Å². The number of hydrogen-bond acceptors (Lipinski definition) is 8. The van der Waals surface area contributed by atoms with Crippen molar-refractivity contribution in [1.82, 2.24) is 20.9 Å². The summed E-state index contributed by atoms with van der Waals surface area (Å²) >= 11 is 0. The number of nitrogens with two attached hydrogens (primary N) is 1. The minimum Gasteiger partial charge on any atom is -0.444 e. The van der Waals surface area contributed by atoms with E-state index in [-0.39, 0.29) is 53.7 Å². The van der Waals surface area contributed by atoms with E-state index in [9.17, 15) is 14.4 Å². The maximum atomic E-state index is 13.1. The van der Waals surface area contributed by atoms with E-state index < -0.39 is 40.7 Å². The molecule has 0 bridgehead atoms. The molecular weight excluding hydrogens is 623 g/mol. The normalized spacial score (nSPS) is 22.8. The first kappa shape index (κ1) is 39.8. The van der Waals surface area contributed by atoms with E-state index in [1.54, 1.807) is 27.0 Å². The van der Waals surface area contributed by atoms with Crippen molar-refractivity contribution in [2.75, 3.05) is 19.7 Å². The fourth-order valence-electron chi connectivity index (χ4n) is 4.08. The molecule has 4 atom stereocenters. The molecular formula is C32H59N5O7Si2. The number of nitrogens with one attached hydrogen (secondary N) is 3. The molecule has 46 heavy (non-hydrogen) atoms. The van der Waals surface area contributed by atoms with Gasteiger partial charge in [0.15, 0.2) is 16.6 Å². The minimum absolute atomic E-state index is 0.00210. The Kier molecular flexibility index (Phi) is 13.1. The van der Waals surface area contributed by atoms with Crippen molar-refractivity contribution in [2.45, 2.75) is 142 Å². The van der Waals surface area contributed by atoms with Gasteiger partial charge in [0.25, 0.3) is 0 Å². The van der Waals surface area contributed by atoms with Crippen molar-refractivity contribution in [3.05, 3.63) is 11.8 Å². The van der Waals surface area contributed by atoms with Crippen molar-refractivity contribution >= 4 is 34.7 Å². The van der Waals surface area contributed by atoms with Crippen LogP contribution in [-0.4, -0.2) is 89.5 Å².